The van der Waals surface area contributed by atoms with Gasteiger partial charge >= 0.3 is 0 Å². The second kappa shape index (κ2) is 3.07. The number of halogens is 1. The van der Waals surface area contributed by atoms with E-state index in [-0.39, 0.29) is 6.61 Å². The molecule has 4 heteroatoms. The van der Waals surface area contributed by atoms with Crippen LogP contribution in [0.3, 0.4) is 0 Å². The molecule has 0 unspecified atom stereocenters. The van der Waals surface area contributed by atoms with Crippen molar-refractivity contribution in [1.82, 2.24) is 9.55 Å². The van der Waals surface area contributed by atoms with Crippen molar-refractivity contribution in [2.24, 2.45) is 0 Å². The number of fused-ring (bicyclic) bond motifs is 1. The van der Waals surface area contributed by atoms with Crippen LogP contribution in [0, 0.1) is 0 Å². The van der Waals surface area contributed by atoms with E-state index in [2.05, 4.69) is 4.98 Å². The SMILES string of the molecule is OCc1nc(Cl)n2c1CCCC2. The van der Waals surface area contributed by atoms with Crippen LogP contribution in [0.25, 0.3) is 0 Å². The minimum atomic E-state index is 0.00204. The van der Waals surface area contributed by atoms with Gasteiger partial charge in [-0.2, -0.15) is 0 Å². The van der Waals surface area contributed by atoms with Crippen LogP contribution < -0.4 is 0 Å². The van der Waals surface area contributed by atoms with Gasteiger partial charge in [-0.15, -0.1) is 0 Å². The number of aromatic nitrogens is 2. The fraction of sp³-hybridized carbons (Fsp3) is 0.625. The van der Waals surface area contributed by atoms with Gasteiger partial charge in [0.25, 0.3) is 0 Å². The lowest BCUT2D eigenvalue weighted by atomic mass is 10.1. The molecule has 0 amide bonds. The first-order valence-corrected chi connectivity index (χ1v) is 4.55. The summed E-state index contributed by atoms with van der Waals surface area (Å²) in [4.78, 5) is 4.09. The largest absolute Gasteiger partial charge is 0.390 e. The molecule has 1 aliphatic heterocycles. The monoisotopic (exact) mass is 186 g/mol. The number of hydrogen-bond donors (Lipinski definition) is 1. The van der Waals surface area contributed by atoms with E-state index in [4.69, 9.17) is 16.7 Å². The Labute approximate surface area is 76.0 Å². The standard InChI is InChI=1S/C8H11ClN2O/c9-8-10-6(5-12)7-3-1-2-4-11(7)8/h12H,1-5H2. The number of aliphatic hydroxyl groups is 1. The molecule has 66 valence electrons. The lowest BCUT2D eigenvalue weighted by Crippen LogP contribution is -2.10. The normalized spacial score (nSPS) is 16.2. The van der Waals surface area contributed by atoms with Crippen molar-refractivity contribution < 1.29 is 5.11 Å². The Morgan fingerprint density at radius 3 is 3.08 bits per heavy atom. The summed E-state index contributed by atoms with van der Waals surface area (Å²) in [5, 5.41) is 9.49. The van der Waals surface area contributed by atoms with Crippen LogP contribution in [-0.2, 0) is 19.6 Å². The van der Waals surface area contributed by atoms with E-state index >= 15 is 0 Å². The Bertz CT molecular complexity index is 295. The van der Waals surface area contributed by atoms with Crippen molar-refractivity contribution in [1.29, 1.82) is 0 Å². The Kier molecular flexibility index (Phi) is 2.07. The minimum Gasteiger partial charge on any atom is -0.390 e. The summed E-state index contributed by atoms with van der Waals surface area (Å²) in [6.07, 6.45) is 3.33. The Morgan fingerprint density at radius 1 is 1.50 bits per heavy atom. The first-order valence-electron chi connectivity index (χ1n) is 4.17. The van der Waals surface area contributed by atoms with Crippen LogP contribution in [0.2, 0.25) is 5.28 Å². The van der Waals surface area contributed by atoms with Crippen molar-refractivity contribution >= 4 is 11.6 Å². The lowest BCUT2D eigenvalue weighted by Gasteiger charge is -2.15. The maximum atomic E-state index is 8.97. The van der Waals surface area contributed by atoms with Gasteiger partial charge in [0.15, 0.2) is 0 Å². The van der Waals surface area contributed by atoms with Gasteiger partial charge in [0, 0.05) is 12.2 Å². The summed E-state index contributed by atoms with van der Waals surface area (Å²) >= 11 is 5.88. The molecule has 1 aliphatic rings. The van der Waals surface area contributed by atoms with Gasteiger partial charge < -0.3 is 9.67 Å². The molecule has 1 N–H and O–H groups in total. The smallest absolute Gasteiger partial charge is 0.203 e. The van der Waals surface area contributed by atoms with Gasteiger partial charge in [-0.1, -0.05) is 0 Å². The molecular weight excluding hydrogens is 176 g/mol. The van der Waals surface area contributed by atoms with Crippen molar-refractivity contribution in [3.63, 3.8) is 0 Å². The zero-order valence-electron chi connectivity index (χ0n) is 6.76. The predicted molar refractivity (Wildman–Crippen MR) is 46.1 cm³/mol. The number of aliphatic hydroxyl groups excluding tert-OH is 1. The van der Waals surface area contributed by atoms with E-state index in [9.17, 15) is 0 Å². The van der Waals surface area contributed by atoms with Gasteiger partial charge in [0.1, 0.15) is 0 Å². The summed E-state index contributed by atoms with van der Waals surface area (Å²) in [5.41, 5.74) is 1.87. The second-order valence-corrected chi connectivity index (χ2v) is 3.38. The van der Waals surface area contributed by atoms with Crippen LogP contribution >= 0.6 is 11.6 Å². The zero-order valence-corrected chi connectivity index (χ0v) is 7.51. The first kappa shape index (κ1) is 8.08. The van der Waals surface area contributed by atoms with E-state index in [0.717, 1.165) is 30.8 Å². The van der Waals surface area contributed by atoms with Crippen molar-refractivity contribution in [2.75, 3.05) is 0 Å². The van der Waals surface area contributed by atoms with Crippen molar-refractivity contribution in [3.05, 3.63) is 16.7 Å². The van der Waals surface area contributed by atoms with Crippen LogP contribution in [0.1, 0.15) is 24.2 Å². The molecule has 12 heavy (non-hydrogen) atoms. The maximum Gasteiger partial charge on any atom is 0.203 e. The third-order valence-electron chi connectivity index (χ3n) is 2.30. The van der Waals surface area contributed by atoms with Gasteiger partial charge in [0.05, 0.1) is 12.3 Å². The molecule has 0 atom stereocenters. The Balaban J connectivity index is 2.47. The maximum absolute atomic E-state index is 8.97. The summed E-state index contributed by atoms with van der Waals surface area (Å²) in [7, 11) is 0. The molecule has 0 aromatic carbocycles. The summed E-state index contributed by atoms with van der Waals surface area (Å²) in [6, 6.07) is 0. The van der Waals surface area contributed by atoms with Crippen molar-refractivity contribution in [3.8, 4) is 0 Å². The quantitative estimate of drug-likeness (QED) is 0.720. The number of imidazole rings is 1. The molecular formula is C8H11ClN2O. The number of rotatable bonds is 1. The molecule has 0 radical (unpaired) electrons. The average Bonchev–Trinajstić information content (AvgIpc) is 2.44. The molecule has 0 bridgehead atoms. The van der Waals surface area contributed by atoms with Gasteiger partial charge in [-0.25, -0.2) is 4.98 Å². The Hall–Kier alpha value is -0.540. The minimum absolute atomic E-state index is 0.00204. The third-order valence-corrected chi connectivity index (χ3v) is 2.59. The molecule has 1 aromatic heterocycles. The van der Waals surface area contributed by atoms with Crippen LogP contribution in [0.15, 0.2) is 0 Å². The van der Waals surface area contributed by atoms with E-state index in [0.29, 0.717) is 5.28 Å². The molecule has 1 aromatic rings. The molecule has 3 nitrogen and oxygen atoms in total. The summed E-state index contributed by atoms with van der Waals surface area (Å²) in [5.74, 6) is 0. The second-order valence-electron chi connectivity index (χ2n) is 3.04. The van der Waals surface area contributed by atoms with E-state index in [1.807, 2.05) is 4.57 Å². The van der Waals surface area contributed by atoms with E-state index in [1.54, 1.807) is 0 Å². The molecule has 0 saturated carbocycles. The van der Waals surface area contributed by atoms with Crippen LogP contribution in [-0.4, -0.2) is 14.7 Å². The number of hydrogen-bond acceptors (Lipinski definition) is 2. The first-order chi connectivity index (χ1) is 5.83. The molecule has 2 rings (SSSR count). The fourth-order valence-corrected chi connectivity index (χ4v) is 1.99. The highest BCUT2D eigenvalue weighted by atomic mass is 35.5. The van der Waals surface area contributed by atoms with E-state index in [1.165, 1.54) is 6.42 Å². The van der Waals surface area contributed by atoms with Crippen LogP contribution in [0.5, 0.6) is 0 Å². The van der Waals surface area contributed by atoms with Crippen molar-refractivity contribution in [2.45, 2.75) is 32.4 Å². The summed E-state index contributed by atoms with van der Waals surface area (Å²) < 4.78 is 2.00. The molecule has 0 fully saturated rings. The average molecular weight is 187 g/mol. The fourth-order valence-electron chi connectivity index (χ4n) is 1.70. The highest BCUT2D eigenvalue weighted by molar-refractivity contribution is 6.28. The highest BCUT2D eigenvalue weighted by Crippen LogP contribution is 2.23. The Morgan fingerprint density at radius 2 is 2.33 bits per heavy atom. The predicted octanol–water partition coefficient (Wildman–Crippen LogP) is 1.37. The lowest BCUT2D eigenvalue weighted by molar-refractivity contribution is 0.275. The molecule has 0 saturated heterocycles. The topological polar surface area (TPSA) is 38.1 Å². The third kappa shape index (κ3) is 1.13. The van der Waals surface area contributed by atoms with Crippen LogP contribution in [0.4, 0.5) is 0 Å². The molecule has 0 aliphatic carbocycles. The van der Waals surface area contributed by atoms with Gasteiger partial charge in [-0.3, -0.25) is 0 Å². The zero-order chi connectivity index (χ0) is 8.55. The highest BCUT2D eigenvalue weighted by Gasteiger charge is 2.17. The molecule has 0 spiro atoms. The summed E-state index contributed by atoms with van der Waals surface area (Å²) in [6.45, 7) is 0.948. The van der Waals surface area contributed by atoms with Gasteiger partial charge in [-0.05, 0) is 30.9 Å². The van der Waals surface area contributed by atoms with Gasteiger partial charge in [0.2, 0.25) is 5.28 Å². The molecule has 2 heterocycles. The van der Waals surface area contributed by atoms with E-state index < -0.39 is 0 Å². The number of nitrogens with zero attached hydrogens (tertiary/aromatic N) is 2.